The SMILES string of the molecule is OC(Cc1cc(Cl)ccc1Cl)c1cncn1C1CC1. The van der Waals surface area contributed by atoms with Crippen LogP contribution in [0, 0.1) is 0 Å². The first kappa shape index (κ1) is 13.0. The molecule has 1 unspecified atom stereocenters. The smallest absolute Gasteiger partial charge is 0.0996 e. The lowest BCUT2D eigenvalue weighted by Gasteiger charge is -2.14. The Balaban J connectivity index is 1.82. The summed E-state index contributed by atoms with van der Waals surface area (Å²) in [6.45, 7) is 0. The molecule has 1 aromatic carbocycles. The van der Waals surface area contributed by atoms with Crippen molar-refractivity contribution in [1.82, 2.24) is 9.55 Å². The van der Waals surface area contributed by atoms with Gasteiger partial charge in [-0.05, 0) is 36.6 Å². The lowest BCUT2D eigenvalue weighted by Crippen LogP contribution is -2.08. The van der Waals surface area contributed by atoms with E-state index in [1.54, 1.807) is 30.7 Å². The standard InChI is InChI=1S/C14H14Cl2N2O/c15-10-1-4-12(16)9(5-10)6-14(19)13-7-17-8-18(13)11-2-3-11/h1,4-5,7-8,11,14,19H,2-3,6H2. The number of nitrogens with zero attached hydrogens (tertiary/aromatic N) is 2. The summed E-state index contributed by atoms with van der Waals surface area (Å²) >= 11 is 12.1. The number of aliphatic hydroxyl groups is 1. The number of aliphatic hydroxyl groups excluding tert-OH is 1. The molecule has 1 heterocycles. The number of hydrogen-bond acceptors (Lipinski definition) is 2. The minimum Gasteiger partial charge on any atom is -0.386 e. The number of imidazole rings is 1. The second kappa shape index (κ2) is 5.16. The molecule has 2 aromatic rings. The third kappa shape index (κ3) is 2.78. The Labute approximate surface area is 121 Å². The van der Waals surface area contributed by atoms with Gasteiger partial charge in [-0.15, -0.1) is 0 Å². The number of rotatable bonds is 4. The highest BCUT2D eigenvalue weighted by Crippen LogP contribution is 2.37. The van der Waals surface area contributed by atoms with Crippen LogP contribution in [0.25, 0.3) is 0 Å². The first-order valence-electron chi connectivity index (χ1n) is 6.29. The topological polar surface area (TPSA) is 38.1 Å². The van der Waals surface area contributed by atoms with Crippen molar-refractivity contribution in [2.45, 2.75) is 31.4 Å². The van der Waals surface area contributed by atoms with Crippen LogP contribution < -0.4 is 0 Å². The minimum atomic E-state index is -0.612. The van der Waals surface area contributed by atoms with E-state index < -0.39 is 6.10 Å². The molecule has 1 aliphatic rings. The van der Waals surface area contributed by atoms with Crippen molar-refractivity contribution in [2.75, 3.05) is 0 Å². The van der Waals surface area contributed by atoms with Crippen LogP contribution >= 0.6 is 23.2 Å². The van der Waals surface area contributed by atoms with Crippen LogP contribution in [0.15, 0.2) is 30.7 Å². The molecule has 1 aliphatic carbocycles. The molecule has 1 fully saturated rings. The molecule has 0 spiro atoms. The van der Waals surface area contributed by atoms with Crippen molar-refractivity contribution in [3.63, 3.8) is 0 Å². The highest BCUT2D eigenvalue weighted by Gasteiger charge is 2.27. The van der Waals surface area contributed by atoms with Gasteiger partial charge >= 0.3 is 0 Å². The Hall–Kier alpha value is -1.03. The number of hydrogen-bond donors (Lipinski definition) is 1. The zero-order valence-electron chi connectivity index (χ0n) is 10.3. The van der Waals surface area contributed by atoms with Gasteiger partial charge in [0.05, 0.1) is 24.3 Å². The number of aromatic nitrogens is 2. The van der Waals surface area contributed by atoms with Crippen molar-refractivity contribution in [1.29, 1.82) is 0 Å². The predicted molar refractivity (Wildman–Crippen MR) is 75.6 cm³/mol. The van der Waals surface area contributed by atoms with Crippen LogP contribution in [-0.4, -0.2) is 14.7 Å². The van der Waals surface area contributed by atoms with Crippen molar-refractivity contribution < 1.29 is 5.11 Å². The van der Waals surface area contributed by atoms with E-state index in [4.69, 9.17) is 23.2 Å². The van der Waals surface area contributed by atoms with Crippen LogP contribution in [0.1, 0.15) is 36.2 Å². The van der Waals surface area contributed by atoms with Crippen molar-refractivity contribution in [3.05, 3.63) is 52.0 Å². The number of halogens is 2. The van der Waals surface area contributed by atoms with Gasteiger partial charge in [0.2, 0.25) is 0 Å². The molecule has 0 radical (unpaired) electrons. The summed E-state index contributed by atoms with van der Waals surface area (Å²) in [6, 6.07) is 5.80. The molecular formula is C14H14Cl2N2O. The normalized spacial score (nSPS) is 16.6. The Morgan fingerprint density at radius 1 is 1.37 bits per heavy atom. The van der Waals surface area contributed by atoms with E-state index >= 15 is 0 Å². The molecule has 3 nitrogen and oxygen atoms in total. The first-order chi connectivity index (χ1) is 9.15. The Morgan fingerprint density at radius 3 is 2.89 bits per heavy atom. The van der Waals surface area contributed by atoms with E-state index in [1.807, 2.05) is 0 Å². The Kier molecular flexibility index (Phi) is 3.52. The van der Waals surface area contributed by atoms with E-state index in [2.05, 4.69) is 9.55 Å². The summed E-state index contributed by atoms with van der Waals surface area (Å²) in [4.78, 5) is 4.13. The molecule has 3 rings (SSSR count). The van der Waals surface area contributed by atoms with E-state index in [0.29, 0.717) is 22.5 Å². The molecule has 19 heavy (non-hydrogen) atoms. The van der Waals surface area contributed by atoms with Crippen LogP contribution in [0.3, 0.4) is 0 Å². The second-order valence-corrected chi connectivity index (χ2v) is 5.76. The molecule has 100 valence electrons. The molecule has 0 bridgehead atoms. The van der Waals surface area contributed by atoms with Gasteiger partial charge in [-0.3, -0.25) is 0 Å². The fraction of sp³-hybridized carbons (Fsp3) is 0.357. The van der Waals surface area contributed by atoms with Gasteiger partial charge in [0, 0.05) is 22.5 Å². The molecule has 5 heteroatoms. The van der Waals surface area contributed by atoms with E-state index in [0.717, 1.165) is 24.1 Å². The maximum atomic E-state index is 10.4. The monoisotopic (exact) mass is 296 g/mol. The molecule has 0 amide bonds. The fourth-order valence-corrected chi connectivity index (χ4v) is 2.63. The zero-order valence-corrected chi connectivity index (χ0v) is 11.8. The van der Waals surface area contributed by atoms with Crippen LogP contribution in [0.5, 0.6) is 0 Å². The summed E-state index contributed by atoms with van der Waals surface area (Å²) in [5, 5.41) is 11.6. The van der Waals surface area contributed by atoms with E-state index in [-0.39, 0.29) is 0 Å². The Bertz CT molecular complexity index is 593. The molecule has 1 N–H and O–H groups in total. The van der Waals surface area contributed by atoms with Crippen LogP contribution in [0.2, 0.25) is 10.0 Å². The lowest BCUT2D eigenvalue weighted by atomic mass is 10.1. The third-order valence-electron chi connectivity index (χ3n) is 3.40. The highest BCUT2D eigenvalue weighted by molar-refractivity contribution is 6.33. The van der Waals surface area contributed by atoms with Gasteiger partial charge in [-0.25, -0.2) is 4.98 Å². The van der Waals surface area contributed by atoms with Gasteiger partial charge in [0.15, 0.2) is 0 Å². The van der Waals surface area contributed by atoms with Crippen molar-refractivity contribution in [2.24, 2.45) is 0 Å². The van der Waals surface area contributed by atoms with E-state index in [9.17, 15) is 5.11 Å². The summed E-state index contributed by atoms with van der Waals surface area (Å²) in [5.74, 6) is 0. The van der Waals surface area contributed by atoms with Gasteiger partial charge in [-0.2, -0.15) is 0 Å². The highest BCUT2D eigenvalue weighted by atomic mass is 35.5. The molecule has 1 atom stereocenters. The Morgan fingerprint density at radius 2 is 2.16 bits per heavy atom. The maximum absolute atomic E-state index is 10.4. The molecule has 0 saturated heterocycles. The van der Waals surface area contributed by atoms with E-state index in [1.165, 1.54) is 0 Å². The van der Waals surface area contributed by atoms with Crippen LogP contribution in [-0.2, 0) is 6.42 Å². The fourth-order valence-electron chi connectivity index (χ4n) is 2.24. The molecule has 1 saturated carbocycles. The molecular weight excluding hydrogens is 283 g/mol. The summed E-state index contributed by atoms with van der Waals surface area (Å²) < 4.78 is 2.06. The predicted octanol–water partition coefficient (Wildman–Crippen LogP) is 3.80. The van der Waals surface area contributed by atoms with Gasteiger partial charge in [-0.1, -0.05) is 23.2 Å². The minimum absolute atomic E-state index is 0.442. The first-order valence-corrected chi connectivity index (χ1v) is 7.04. The average molecular weight is 297 g/mol. The van der Waals surface area contributed by atoms with Gasteiger partial charge < -0.3 is 9.67 Å². The van der Waals surface area contributed by atoms with Crippen LogP contribution in [0.4, 0.5) is 0 Å². The lowest BCUT2D eigenvalue weighted by molar-refractivity contribution is 0.168. The summed E-state index contributed by atoms with van der Waals surface area (Å²) in [5.41, 5.74) is 1.70. The van der Waals surface area contributed by atoms with Crippen molar-refractivity contribution >= 4 is 23.2 Å². The van der Waals surface area contributed by atoms with Gasteiger partial charge in [0.25, 0.3) is 0 Å². The maximum Gasteiger partial charge on any atom is 0.0996 e. The number of benzene rings is 1. The van der Waals surface area contributed by atoms with Gasteiger partial charge in [0.1, 0.15) is 0 Å². The quantitative estimate of drug-likeness (QED) is 0.932. The summed E-state index contributed by atoms with van der Waals surface area (Å²) in [6.07, 6.45) is 5.66. The second-order valence-electron chi connectivity index (χ2n) is 4.91. The van der Waals surface area contributed by atoms with Crippen molar-refractivity contribution in [3.8, 4) is 0 Å². The largest absolute Gasteiger partial charge is 0.386 e. The third-order valence-corrected chi connectivity index (χ3v) is 4.00. The average Bonchev–Trinajstić information content (AvgIpc) is 3.11. The zero-order chi connectivity index (χ0) is 13.4. The molecule has 0 aliphatic heterocycles. The molecule has 1 aromatic heterocycles. The summed E-state index contributed by atoms with van der Waals surface area (Å²) in [7, 11) is 0.